The molecule has 2 aliphatic rings. The molecule has 17 heavy (non-hydrogen) atoms. The van der Waals surface area contributed by atoms with E-state index in [2.05, 4.69) is 18.3 Å². The van der Waals surface area contributed by atoms with Crippen molar-refractivity contribution in [2.45, 2.75) is 57.5 Å². The lowest BCUT2D eigenvalue weighted by Gasteiger charge is -2.24. The molecule has 0 bridgehead atoms. The van der Waals surface area contributed by atoms with E-state index in [1.54, 1.807) is 11.3 Å². The Hall–Kier alpha value is -0.0500. The second kappa shape index (κ2) is 4.91. The molecule has 1 N–H and O–H groups in total. The van der Waals surface area contributed by atoms with Crippen molar-refractivity contribution in [2.75, 3.05) is 0 Å². The molecular weight excluding hydrogens is 250 g/mol. The maximum absolute atomic E-state index is 6.10. The van der Waals surface area contributed by atoms with Crippen LogP contribution in [0.3, 0.4) is 0 Å². The molecule has 1 aromatic rings. The van der Waals surface area contributed by atoms with Gasteiger partial charge in [0.2, 0.25) is 0 Å². The molecule has 1 heterocycles. The summed E-state index contributed by atoms with van der Waals surface area (Å²) in [4.78, 5) is 1.51. The Morgan fingerprint density at radius 2 is 2.12 bits per heavy atom. The maximum Gasteiger partial charge on any atom is 0.0934 e. The van der Waals surface area contributed by atoms with E-state index in [0.29, 0.717) is 12.1 Å². The van der Waals surface area contributed by atoms with Crippen LogP contribution in [0, 0.1) is 5.92 Å². The van der Waals surface area contributed by atoms with Gasteiger partial charge in [-0.1, -0.05) is 24.4 Å². The molecule has 3 heteroatoms. The highest BCUT2D eigenvalue weighted by Gasteiger charge is 2.29. The Balaban J connectivity index is 1.66. The van der Waals surface area contributed by atoms with Crippen LogP contribution < -0.4 is 5.32 Å². The smallest absolute Gasteiger partial charge is 0.0934 e. The summed E-state index contributed by atoms with van der Waals surface area (Å²) in [6.07, 6.45) is 8.15. The number of thiophene rings is 1. The second-order valence-electron chi connectivity index (χ2n) is 5.52. The number of fused-ring (bicyclic) bond motifs is 1. The molecule has 0 aliphatic heterocycles. The van der Waals surface area contributed by atoms with Crippen molar-refractivity contribution >= 4 is 22.9 Å². The highest BCUT2D eigenvalue weighted by molar-refractivity contribution is 7.16. The zero-order valence-electron chi connectivity index (χ0n) is 10.3. The van der Waals surface area contributed by atoms with E-state index < -0.39 is 0 Å². The molecule has 2 aliphatic carbocycles. The van der Waals surface area contributed by atoms with Crippen molar-refractivity contribution in [3.63, 3.8) is 0 Å². The van der Waals surface area contributed by atoms with Gasteiger partial charge in [0.05, 0.1) is 4.34 Å². The molecule has 94 valence electrons. The fourth-order valence-corrected chi connectivity index (χ4v) is 4.77. The van der Waals surface area contributed by atoms with Crippen molar-refractivity contribution in [1.29, 1.82) is 0 Å². The van der Waals surface area contributed by atoms with Crippen molar-refractivity contribution in [2.24, 2.45) is 5.92 Å². The first kappa shape index (κ1) is 12.0. The van der Waals surface area contributed by atoms with Crippen LogP contribution in [0.5, 0.6) is 0 Å². The molecule has 0 radical (unpaired) electrons. The second-order valence-corrected chi connectivity index (χ2v) is 7.29. The fraction of sp³-hybridized carbons (Fsp3) is 0.714. The monoisotopic (exact) mass is 269 g/mol. The Morgan fingerprint density at radius 1 is 1.35 bits per heavy atom. The van der Waals surface area contributed by atoms with Crippen LogP contribution in [0.4, 0.5) is 0 Å². The minimum Gasteiger partial charge on any atom is -0.307 e. The van der Waals surface area contributed by atoms with Crippen molar-refractivity contribution in [3.05, 3.63) is 20.8 Å². The largest absolute Gasteiger partial charge is 0.307 e. The lowest BCUT2D eigenvalue weighted by molar-refractivity contribution is 0.342. The number of halogens is 1. The summed E-state index contributed by atoms with van der Waals surface area (Å²) < 4.78 is 0.954. The molecule has 1 aromatic heterocycles. The molecule has 2 atom stereocenters. The first-order valence-corrected chi connectivity index (χ1v) is 7.97. The molecule has 1 nitrogen and oxygen atoms in total. The van der Waals surface area contributed by atoms with Crippen molar-refractivity contribution in [3.8, 4) is 0 Å². The minimum absolute atomic E-state index is 0.560. The molecule has 1 saturated carbocycles. The van der Waals surface area contributed by atoms with Gasteiger partial charge < -0.3 is 5.32 Å². The summed E-state index contributed by atoms with van der Waals surface area (Å²) in [5, 5.41) is 3.84. The van der Waals surface area contributed by atoms with Gasteiger partial charge in [0, 0.05) is 17.0 Å². The summed E-state index contributed by atoms with van der Waals surface area (Å²) in [6, 6.07) is 3.39. The van der Waals surface area contributed by atoms with E-state index in [4.69, 9.17) is 11.6 Å². The predicted molar refractivity (Wildman–Crippen MR) is 74.9 cm³/mol. The minimum atomic E-state index is 0.560. The van der Waals surface area contributed by atoms with Gasteiger partial charge in [0.15, 0.2) is 0 Å². The quantitative estimate of drug-likeness (QED) is 0.848. The predicted octanol–water partition coefficient (Wildman–Crippen LogP) is 4.56. The first-order valence-electron chi connectivity index (χ1n) is 6.78. The SMILES string of the molecule is C[C@H](NC1CCc2sc(Cl)cc21)C1CCCC1. The van der Waals surface area contributed by atoms with Crippen LogP contribution in [0.1, 0.15) is 55.5 Å². The van der Waals surface area contributed by atoms with E-state index in [1.807, 2.05) is 0 Å². The van der Waals surface area contributed by atoms with E-state index in [0.717, 1.165) is 10.3 Å². The number of aryl methyl sites for hydroxylation is 1. The van der Waals surface area contributed by atoms with Crippen LogP contribution in [0.25, 0.3) is 0 Å². The average molecular weight is 270 g/mol. The third-order valence-corrected chi connectivity index (χ3v) is 5.76. The third kappa shape index (κ3) is 2.40. The Morgan fingerprint density at radius 3 is 2.88 bits per heavy atom. The van der Waals surface area contributed by atoms with Crippen LogP contribution in [-0.4, -0.2) is 6.04 Å². The van der Waals surface area contributed by atoms with E-state index in [-0.39, 0.29) is 0 Å². The van der Waals surface area contributed by atoms with E-state index in [9.17, 15) is 0 Å². The molecule has 0 spiro atoms. The van der Waals surface area contributed by atoms with Gasteiger partial charge in [-0.15, -0.1) is 11.3 Å². The summed E-state index contributed by atoms with van der Waals surface area (Å²) >= 11 is 7.86. The zero-order chi connectivity index (χ0) is 11.8. The van der Waals surface area contributed by atoms with E-state index >= 15 is 0 Å². The van der Waals surface area contributed by atoms with Crippen molar-refractivity contribution < 1.29 is 0 Å². The zero-order valence-corrected chi connectivity index (χ0v) is 11.9. The normalized spacial score (nSPS) is 26.4. The van der Waals surface area contributed by atoms with Gasteiger partial charge >= 0.3 is 0 Å². The standard InChI is InChI=1S/C14H20ClNS/c1-9(10-4-2-3-5-10)16-12-6-7-13-11(12)8-14(15)17-13/h8-10,12,16H,2-7H2,1H3/t9-,12?/m0/s1. The Kier molecular flexibility index (Phi) is 3.47. The topological polar surface area (TPSA) is 12.0 Å². The molecule has 1 fully saturated rings. The van der Waals surface area contributed by atoms with Gasteiger partial charge in [-0.25, -0.2) is 0 Å². The molecular formula is C14H20ClNS. The van der Waals surface area contributed by atoms with Gasteiger partial charge in [0.1, 0.15) is 0 Å². The van der Waals surface area contributed by atoms with Crippen LogP contribution in [-0.2, 0) is 6.42 Å². The Labute approximate surface area is 113 Å². The Bertz CT molecular complexity index is 395. The number of hydrogen-bond donors (Lipinski definition) is 1. The molecule has 3 rings (SSSR count). The number of nitrogens with one attached hydrogen (secondary N) is 1. The van der Waals surface area contributed by atoms with Gasteiger partial charge in [-0.2, -0.15) is 0 Å². The third-order valence-electron chi connectivity index (χ3n) is 4.42. The summed E-state index contributed by atoms with van der Waals surface area (Å²) in [5.41, 5.74) is 1.48. The first-order chi connectivity index (χ1) is 8.24. The molecule has 0 aromatic carbocycles. The highest BCUT2D eigenvalue weighted by atomic mass is 35.5. The van der Waals surface area contributed by atoms with Crippen molar-refractivity contribution in [1.82, 2.24) is 5.32 Å². The van der Waals surface area contributed by atoms with Gasteiger partial charge in [-0.05, 0) is 50.2 Å². The lowest BCUT2D eigenvalue weighted by atomic mass is 9.98. The number of rotatable bonds is 3. The summed E-state index contributed by atoms with van der Waals surface area (Å²) in [5.74, 6) is 0.896. The highest BCUT2D eigenvalue weighted by Crippen LogP contribution is 2.40. The molecule has 0 amide bonds. The van der Waals surface area contributed by atoms with Crippen LogP contribution in [0.2, 0.25) is 4.34 Å². The fourth-order valence-electron chi connectivity index (χ4n) is 3.41. The van der Waals surface area contributed by atoms with Crippen LogP contribution >= 0.6 is 22.9 Å². The van der Waals surface area contributed by atoms with Gasteiger partial charge in [-0.3, -0.25) is 0 Å². The number of hydrogen-bond acceptors (Lipinski definition) is 2. The van der Waals surface area contributed by atoms with Crippen LogP contribution in [0.15, 0.2) is 6.07 Å². The summed E-state index contributed by atoms with van der Waals surface area (Å²) in [6.45, 7) is 2.36. The van der Waals surface area contributed by atoms with Gasteiger partial charge in [0.25, 0.3) is 0 Å². The average Bonchev–Trinajstić information content (AvgIpc) is 2.96. The van der Waals surface area contributed by atoms with E-state index in [1.165, 1.54) is 49.0 Å². The maximum atomic E-state index is 6.10. The molecule has 0 saturated heterocycles. The summed E-state index contributed by atoms with van der Waals surface area (Å²) in [7, 11) is 0. The lowest BCUT2D eigenvalue weighted by Crippen LogP contribution is -2.34. The molecule has 1 unspecified atom stereocenters.